The van der Waals surface area contributed by atoms with Crippen molar-refractivity contribution >= 4 is 28.5 Å². The predicted molar refractivity (Wildman–Crippen MR) is 152 cm³/mol. The lowest BCUT2D eigenvalue weighted by atomic mass is 9.90. The Morgan fingerprint density at radius 3 is 2.52 bits per heavy atom. The molecule has 4 heterocycles. The number of aromatic nitrogens is 3. The first kappa shape index (κ1) is 26.2. The maximum absolute atomic E-state index is 13.4. The molecular formula is C30H36ClN5O4. The van der Waals surface area contributed by atoms with Crippen LogP contribution in [0.5, 0.6) is 0 Å². The van der Waals surface area contributed by atoms with Gasteiger partial charge in [0.05, 0.1) is 36.3 Å². The highest BCUT2D eigenvalue weighted by atomic mass is 35.5. The zero-order valence-corrected chi connectivity index (χ0v) is 23.6. The molecule has 4 aliphatic rings. The summed E-state index contributed by atoms with van der Waals surface area (Å²) in [6, 6.07) is 9.90. The van der Waals surface area contributed by atoms with Crippen molar-refractivity contribution in [2.24, 2.45) is 11.3 Å². The van der Waals surface area contributed by atoms with Crippen LogP contribution in [0.15, 0.2) is 41.5 Å². The molecule has 9 nitrogen and oxygen atoms in total. The second kappa shape index (κ2) is 9.69. The zero-order chi connectivity index (χ0) is 27.6. The lowest BCUT2D eigenvalue weighted by molar-refractivity contribution is -0.141. The number of carbonyl (C=O) groups excluding carboxylic acids is 1. The standard InChI is InChI=1S/C30H36ClN5O4/c1-29(8-9-29)28(38)34-12-10-30(39,11-13-34)17-35-18-33-26-22(27(35)37)14-25(31)36(26)21-6-4-19(5-7-21)23-16-40-24(15-32-23)20-2-3-20/h4-7,14,18,20,23-24,32,39H,2-3,8-13,15-17H2,1H3/t23-,24+/m0/s1. The molecule has 2 aliphatic carbocycles. The lowest BCUT2D eigenvalue weighted by Crippen LogP contribution is -2.51. The Kier molecular flexibility index (Phi) is 6.34. The molecule has 1 amide bonds. The van der Waals surface area contributed by atoms with Crippen molar-refractivity contribution in [3.05, 3.63) is 57.7 Å². The second-order valence-corrected chi connectivity index (χ2v) is 12.9. The predicted octanol–water partition coefficient (Wildman–Crippen LogP) is 3.43. The van der Waals surface area contributed by atoms with Crippen LogP contribution in [0.3, 0.4) is 0 Å². The molecule has 2 atom stereocenters. The number of carbonyl (C=O) groups is 1. The summed E-state index contributed by atoms with van der Waals surface area (Å²) in [5.74, 6) is 0.906. The van der Waals surface area contributed by atoms with Gasteiger partial charge in [-0.1, -0.05) is 30.7 Å². The van der Waals surface area contributed by atoms with Gasteiger partial charge in [-0.3, -0.25) is 18.7 Å². The van der Waals surface area contributed by atoms with Crippen molar-refractivity contribution in [1.82, 2.24) is 24.3 Å². The third-order valence-electron chi connectivity index (χ3n) is 9.45. The number of amides is 1. The summed E-state index contributed by atoms with van der Waals surface area (Å²) < 4.78 is 9.34. The number of halogens is 1. The Hall–Kier alpha value is -2.72. The molecule has 7 rings (SSSR count). The molecule has 1 aromatic carbocycles. The van der Waals surface area contributed by atoms with E-state index in [0.29, 0.717) is 54.8 Å². The van der Waals surface area contributed by atoms with E-state index in [1.807, 2.05) is 24.0 Å². The van der Waals surface area contributed by atoms with Crippen LogP contribution < -0.4 is 10.9 Å². The topological polar surface area (TPSA) is 102 Å². The van der Waals surface area contributed by atoms with Gasteiger partial charge in [-0.2, -0.15) is 0 Å². The SMILES string of the molecule is CC1(C(=O)N2CCC(O)(Cn3cnc4c(cc(Cl)n4-c4ccc([C@@H]5CO[C@@H](C6CC6)CN5)cc4)c3=O)CC2)CC1. The van der Waals surface area contributed by atoms with Gasteiger partial charge in [0.15, 0.2) is 5.65 Å². The largest absolute Gasteiger partial charge is 0.388 e. The van der Waals surface area contributed by atoms with Crippen LogP contribution >= 0.6 is 11.6 Å². The van der Waals surface area contributed by atoms with Crippen molar-refractivity contribution in [3.63, 3.8) is 0 Å². The lowest BCUT2D eigenvalue weighted by Gasteiger charge is -2.39. The summed E-state index contributed by atoms with van der Waals surface area (Å²) in [6.07, 6.45) is 7.11. The van der Waals surface area contributed by atoms with Gasteiger partial charge in [0.1, 0.15) is 11.5 Å². The number of rotatable bonds is 6. The van der Waals surface area contributed by atoms with Gasteiger partial charge in [-0.15, -0.1) is 0 Å². The van der Waals surface area contributed by atoms with E-state index < -0.39 is 5.60 Å². The molecule has 0 radical (unpaired) electrons. The van der Waals surface area contributed by atoms with Gasteiger partial charge in [0.2, 0.25) is 5.91 Å². The third kappa shape index (κ3) is 4.76. The van der Waals surface area contributed by atoms with Crippen LogP contribution in [0.4, 0.5) is 0 Å². The zero-order valence-electron chi connectivity index (χ0n) is 22.8. The Morgan fingerprint density at radius 1 is 1.18 bits per heavy atom. The van der Waals surface area contributed by atoms with Crippen molar-refractivity contribution in [1.29, 1.82) is 0 Å². The molecule has 0 unspecified atom stereocenters. The first-order chi connectivity index (χ1) is 19.2. The van der Waals surface area contributed by atoms with E-state index >= 15 is 0 Å². The molecule has 0 spiro atoms. The van der Waals surface area contributed by atoms with Crippen molar-refractivity contribution in [2.45, 2.75) is 69.7 Å². The van der Waals surface area contributed by atoms with Crippen molar-refractivity contribution in [2.75, 3.05) is 26.2 Å². The number of nitrogens with zero attached hydrogens (tertiary/aromatic N) is 4. The van der Waals surface area contributed by atoms with Crippen LogP contribution in [0.2, 0.25) is 5.15 Å². The highest BCUT2D eigenvalue weighted by Crippen LogP contribution is 2.47. The maximum Gasteiger partial charge on any atom is 0.262 e. The van der Waals surface area contributed by atoms with Crippen LogP contribution in [0, 0.1) is 11.3 Å². The smallest absolute Gasteiger partial charge is 0.262 e. The molecule has 10 heteroatoms. The number of morpholine rings is 1. The van der Waals surface area contributed by atoms with Crippen LogP contribution in [0.1, 0.15) is 57.1 Å². The van der Waals surface area contributed by atoms with Crippen molar-refractivity contribution in [3.8, 4) is 5.69 Å². The molecule has 2 aliphatic heterocycles. The number of fused-ring (bicyclic) bond motifs is 1. The quantitative estimate of drug-likeness (QED) is 0.475. The molecular weight excluding hydrogens is 530 g/mol. The normalized spacial score (nSPS) is 25.7. The van der Waals surface area contributed by atoms with E-state index in [4.69, 9.17) is 16.3 Å². The molecule has 2 saturated heterocycles. The molecule has 0 bridgehead atoms. The van der Waals surface area contributed by atoms with Crippen molar-refractivity contribution < 1.29 is 14.6 Å². The Morgan fingerprint density at radius 2 is 1.90 bits per heavy atom. The molecule has 3 aromatic rings. The number of nitrogens with one attached hydrogen (secondary N) is 1. The van der Waals surface area contributed by atoms with E-state index in [1.165, 1.54) is 23.7 Å². The van der Waals surface area contributed by atoms with E-state index in [-0.39, 0.29) is 29.5 Å². The average molecular weight is 566 g/mol. The summed E-state index contributed by atoms with van der Waals surface area (Å²) in [5, 5.41) is 15.7. The molecule has 40 heavy (non-hydrogen) atoms. The van der Waals surface area contributed by atoms with E-state index in [9.17, 15) is 14.7 Å². The molecule has 212 valence electrons. The summed E-state index contributed by atoms with van der Waals surface area (Å²) in [5.41, 5.74) is 0.921. The number of hydrogen-bond acceptors (Lipinski definition) is 6. The fourth-order valence-electron chi connectivity index (χ4n) is 6.27. The van der Waals surface area contributed by atoms with Crippen LogP contribution in [0.25, 0.3) is 16.7 Å². The highest BCUT2D eigenvalue weighted by Gasteiger charge is 2.48. The Balaban J connectivity index is 1.06. The van der Waals surface area contributed by atoms with Gasteiger partial charge in [0, 0.05) is 30.7 Å². The van der Waals surface area contributed by atoms with E-state index in [2.05, 4.69) is 22.4 Å². The third-order valence-corrected chi connectivity index (χ3v) is 9.72. The van der Waals surface area contributed by atoms with Gasteiger partial charge in [0.25, 0.3) is 5.56 Å². The number of ether oxygens (including phenoxy) is 1. The summed E-state index contributed by atoms with van der Waals surface area (Å²) in [4.78, 5) is 32.6. The first-order valence-electron chi connectivity index (χ1n) is 14.5. The molecule has 2 saturated carbocycles. The summed E-state index contributed by atoms with van der Waals surface area (Å²) >= 11 is 6.63. The van der Waals surface area contributed by atoms with Gasteiger partial charge >= 0.3 is 0 Å². The number of benzene rings is 1. The Bertz CT molecular complexity index is 1490. The molecule has 4 fully saturated rings. The minimum atomic E-state index is -1.07. The van der Waals surface area contributed by atoms with Gasteiger partial charge in [-0.05, 0) is 68.2 Å². The number of aliphatic hydroxyl groups is 1. The number of likely N-dealkylation sites (tertiary alicyclic amines) is 1. The maximum atomic E-state index is 13.4. The summed E-state index contributed by atoms with van der Waals surface area (Å²) in [7, 11) is 0. The van der Waals surface area contributed by atoms with E-state index in [1.54, 1.807) is 10.6 Å². The fourth-order valence-corrected chi connectivity index (χ4v) is 6.55. The minimum Gasteiger partial charge on any atom is -0.388 e. The fraction of sp³-hybridized carbons (Fsp3) is 0.567. The molecule has 2 aromatic heterocycles. The van der Waals surface area contributed by atoms with Gasteiger partial charge < -0.3 is 20.1 Å². The van der Waals surface area contributed by atoms with Crippen LogP contribution in [-0.2, 0) is 16.1 Å². The monoisotopic (exact) mass is 565 g/mol. The minimum absolute atomic E-state index is 0.129. The van der Waals surface area contributed by atoms with Gasteiger partial charge in [-0.25, -0.2) is 4.98 Å². The Labute approximate surface area is 238 Å². The van der Waals surface area contributed by atoms with E-state index in [0.717, 1.165) is 36.6 Å². The second-order valence-electron chi connectivity index (χ2n) is 12.6. The molecule has 2 N–H and O–H groups in total. The first-order valence-corrected chi connectivity index (χ1v) is 14.8. The number of hydrogen-bond donors (Lipinski definition) is 2. The number of piperidine rings is 1. The summed E-state index contributed by atoms with van der Waals surface area (Å²) in [6.45, 7) is 4.67. The highest BCUT2D eigenvalue weighted by molar-refractivity contribution is 6.31. The van der Waals surface area contributed by atoms with Crippen LogP contribution in [-0.4, -0.2) is 68.0 Å². The average Bonchev–Trinajstić information content (AvgIpc) is 3.90.